The van der Waals surface area contributed by atoms with Gasteiger partial charge in [0.05, 0.1) is 25.9 Å². The van der Waals surface area contributed by atoms with Gasteiger partial charge in [-0.15, -0.1) is 0 Å². The van der Waals surface area contributed by atoms with Crippen LogP contribution in [0.3, 0.4) is 0 Å². The molecule has 0 bridgehead atoms. The Morgan fingerprint density at radius 1 is 1.44 bits per heavy atom. The second-order valence-electron chi connectivity index (χ2n) is 4.32. The van der Waals surface area contributed by atoms with Crippen molar-refractivity contribution in [3.05, 3.63) is 0 Å². The molecule has 1 aliphatic heterocycles. The topological polar surface area (TPSA) is 45.2 Å². The van der Waals surface area contributed by atoms with Crippen molar-refractivity contribution in [1.29, 1.82) is 0 Å². The molecular formula is C11H24N2O3. The number of β-amino-alcohol motifs (C(OH)–C–C–N with tert-alkyl or cyclic N) is 1. The highest BCUT2D eigenvalue weighted by Crippen LogP contribution is 1.99. The van der Waals surface area contributed by atoms with Gasteiger partial charge in [0.1, 0.15) is 0 Å². The number of rotatable bonds is 7. The summed E-state index contributed by atoms with van der Waals surface area (Å²) in [6.45, 7) is 6.43. The first-order valence-electron chi connectivity index (χ1n) is 5.88. The van der Waals surface area contributed by atoms with E-state index in [1.165, 1.54) is 0 Å². The van der Waals surface area contributed by atoms with E-state index in [-0.39, 0.29) is 6.10 Å². The molecule has 1 unspecified atom stereocenters. The zero-order chi connectivity index (χ0) is 11.8. The van der Waals surface area contributed by atoms with Crippen LogP contribution < -0.4 is 0 Å². The van der Waals surface area contributed by atoms with Gasteiger partial charge in [0, 0.05) is 39.8 Å². The van der Waals surface area contributed by atoms with Gasteiger partial charge in [-0.3, -0.25) is 4.90 Å². The van der Waals surface area contributed by atoms with Gasteiger partial charge in [0.25, 0.3) is 0 Å². The lowest BCUT2D eigenvalue weighted by Crippen LogP contribution is -2.44. The SMILES string of the molecule is COCCN(C)CC(O)CN1CCOCC1. The number of hydrogen-bond acceptors (Lipinski definition) is 5. The van der Waals surface area contributed by atoms with Crippen LogP contribution in [0.5, 0.6) is 0 Å². The molecule has 0 aromatic rings. The Balaban J connectivity index is 2.11. The molecule has 0 radical (unpaired) electrons. The minimum absolute atomic E-state index is 0.292. The molecular weight excluding hydrogens is 208 g/mol. The molecule has 0 saturated carbocycles. The third-order valence-electron chi connectivity index (χ3n) is 2.77. The molecule has 1 N–H and O–H groups in total. The van der Waals surface area contributed by atoms with Crippen LogP contribution in [0.4, 0.5) is 0 Å². The van der Waals surface area contributed by atoms with Gasteiger partial charge in [-0.25, -0.2) is 0 Å². The van der Waals surface area contributed by atoms with Crippen molar-refractivity contribution in [1.82, 2.24) is 9.80 Å². The Kier molecular flexibility index (Phi) is 6.91. The summed E-state index contributed by atoms with van der Waals surface area (Å²) in [4.78, 5) is 4.34. The Morgan fingerprint density at radius 2 is 2.12 bits per heavy atom. The summed E-state index contributed by atoms with van der Waals surface area (Å²) in [7, 11) is 3.69. The largest absolute Gasteiger partial charge is 0.390 e. The number of morpholine rings is 1. The minimum Gasteiger partial charge on any atom is -0.390 e. The summed E-state index contributed by atoms with van der Waals surface area (Å²) in [5, 5.41) is 9.91. The van der Waals surface area contributed by atoms with E-state index < -0.39 is 0 Å². The number of hydrogen-bond donors (Lipinski definition) is 1. The van der Waals surface area contributed by atoms with Crippen molar-refractivity contribution in [2.75, 3.05) is 66.7 Å². The van der Waals surface area contributed by atoms with Crippen LogP contribution in [0.1, 0.15) is 0 Å². The van der Waals surface area contributed by atoms with Crippen LogP contribution in [0.15, 0.2) is 0 Å². The van der Waals surface area contributed by atoms with Gasteiger partial charge >= 0.3 is 0 Å². The van der Waals surface area contributed by atoms with Gasteiger partial charge in [-0.2, -0.15) is 0 Å². The molecule has 16 heavy (non-hydrogen) atoms. The molecule has 0 aromatic heterocycles. The maximum atomic E-state index is 9.91. The number of nitrogens with zero attached hydrogens (tertiary/aromatic N) is 2. The quantitative estimate of drug-likeness (QED) is 0.626. The lowest BCUT2D eigenvalue weighted by molar-refractivity contribution is 0.00743. The third kappa shape index (κ3) is 5.77. The van der Waals surface area contributed by atoms with E-state index in [4.69, 9.17) is 9.47 Å². The highest BCUT2D eigenvalue weighted by Gasteiger charge is 2.15. The zero-order valence-electron chi connectivity index (χ0n) is 10.4. The number of aliphatic hydroxyl groups is 1. The third-order valence-corrected chi connectivity index (χ3v) is 2.77. The molecule has 1 fully saturated rings. The summed E-state index contributed by atoms with van der Waals surface area (Å²) in [6, 6.07) is 0. The Bertz CT molecular complexity index is 175. The highest BCUT2D eigenvalue weighted by molar-refractivity contribution is 4.69. The average molecular weight is 232 g/mol. The summed E-state index contributed by atoms with van der Waals surface area (Å²) < 4.78 is 10.3. The summed E-state index contributed by atoms with van der Waals surface area (Å²) >= 11 is 0. The molecule has 1 heterocycles. The number of likely N-dealkylation sites (N-methyl/N-ethyl adjacent to an activating group) is 1. The fourth-order valence-corrected chi connectivity index (χ4v) is 1.84. The van der Waals surface area contributed by atoms with E-state index in [2.05, 4.69) is 9.80 Å². The van der Waals surface area contributed by atoms with Crippen molar-refractivity contribution in [2.24, 2.45) is 0 Å². The zero-order valence-corrected chi connectivity index (χ0v) is 10.4. The van der Waals surface area contributed by atoms with Crippen LogP contribution in [-0.2, 0) is 9.47 Å². The monoisotopic (exact) mass is 232 g/mol. The van der Waals surface area contributed by atoms with Crippen LogP contribution in [0, 0.1) is 0 Å². The van der Waals surface area contributed by atoms with Crippen molar-refractivity contribution < 1.29 is 14.6 Å². The molecule has 0 spiro atoms. The van der Waals surface area contributed by atoms with E-state index in [1.807, 2.05) is 7.05 Å². The van der Waals surface area contributed by atoms with Gasteiger partial charge in [-0.1, -0.05) is 0 Å². The molecule has 96 valence electrons. The summed E-state index contributed by atoms with van der Waals surface area (Å²) in [5.74, 6) is 0. The van der Waals surface area contributed by atoms with Gasteiger partial charge in [0.15, 0.2) is 0 Å². The smallest absolute Gasteiger partial charge is 0.0793 e. The lowest BCUT2D eigenvalue weighted by atomic mass is 10.3. The standard InChI is InChI=1S/C11H24N2O3/c1-12(3-6-15-2)9-11(14)10-13-4-7-16-8-5-13/h11,14H,3-10H2,1-2H3. The normalized spacial score (nSPS) is 20.2. The van der Waals surface area contributed by atoms with Crippen LogP contribution in [0.25, 0.3) is 0 Å². The Hall–Kier alpha value is -0.200. The van der Waals surface area contributed by atoms with Crippen molar-refractivity contribution >= 4 is 0 Å². The second-order valence-corrected chi connectivity index (χ2v) is 4.32. The number of aliphatic hydroxyl groups excluding tert-OH is 1. The Labute approximate surface area is 97.9 Å². The van der Waals surface area contributed by atoms with E-state index in [1.54, 1.807) is 7.11 Å². The van der Waals surface area contributed by atoms with E-state index in [0.717, 1.165) is 39.4 Å². The predicted octanol–water partition coefficient (Wildman–Crippen LogP) is -0.742. The highest BCUT2D eigenvalue weighted by atomic mass is 16.5. The van der Waals surface area contributed by atoms with Crippen LogP contribution in [-0.4, -0.2) is 87.7 Å². The molecule has 1 atom stereocenters. The maximum absolute atomic E-state index is 9.91. The van der Waals surface area contributed by atoms with E-state index >= 15 is 0 Å². The van der Waals surface area contributed by atoms with Crippen LogP contribution in [0.2, 0.25) is 0 Å². The molecule has 1 rings (SSSR count). The van der Waals surface area contributed by atoms with Gasteiger partial charge in [0.2, 0.25) is 0 Å². The lowest BCUT2D eigenvalue weighted by Gasteiger charge is -2.30. The number of methoxy groups -OCH3 is 1. The van der Waals surface area contributed by atoms with Gasteiger partial charge in [-0.05, 0) is 7.05 Å². The first kappa shape index (κ1) is 13.9. The summed E-state index contributed by atoms with van der Waals surface area (Å²) in [6.07, 6.45) is -0.292. The molecule has 1 saturated heterocycles. The maximum Gasteiger partial charge on any atom is 0.0793 e. The Morgan fingerprint density at radius 3 is 2.75 bits per heavy atom. The summed E-state index contributed by atoms with van der Waals surface area (Å²) in [5.41, 5.74) is 0. The fourth-order valence-electron chi connectivity index (χ4n) is 1.84. The van der Waals surface area contributed by atoms with E-state index in [9.17, 15) is 5.11 Å². The predicted molar refractivity (Wildman–Crippen MR) is 62.6 cm³/mol. The second kappa shape index (κ2) is 7.97. The van der Waals surface area contributed by atoms with E-state index in [0.29, 0.717) is 13.2 Å². The first-order valence-corrected chi connectivity index (χ1v) is 5.88. The van der Waals surface area contributed by atoms with Crippen molar-refractivity contribution in [3.63, 3.8) is 0 Å². The van der Waals surface area contributed by atoms with Gasteiger partial charge < -0.3 is 19.5 Å². The minimum atomic E-state index is -0.292. The molecule has 0 aromatic carbocycles. The molecule has 0 aliphatic carbocycles. The fraction of sp³-hybridized carbons (Fsp3) is 1.00. The molecule has 5 heteroatoms. The molecule has 0 amide bonds. The first-order chi connectivity index (χ1) is 7.72. The average Bonchev–Trinajstić information content (AvgIpc) is 2.27. The van der Waals surface area contributed by atoms with Crippen molar-refractivity contribution in [3.8, 4) is 0 Å². The van der Waals surface area contributed by atoms with Crippen LogP contribution >= 0.6 is 0 Å². The van der Waals surface area contributed by atoms with Crippen molar-refractivity contribution in [2.45, 2.75) is 6.10 Å². The molecule has 5 nitrogen and oxygen atoms in total. The number of ether oxygens (including phenoxy) is 2. The molecule has 1 aliphatic rings.